The van der Waals surface area contributed by atoms with Crippen molar-refractivity contribution in [3.63, 3.8) is 0 Å². The van der Waals surface area contributed by atoms with E-state index in [-0.39, 0.29) is 45.0 Å². The van der Waals surface area contributed by atoms with E-state index in [1.807, 2.05) is 0 Å². The lowest BCUT2D eigenvalue weighted by Gasteiger charge is -2.15. The molecule has 0 saturated heterocycles. The summed E-state index contributed by atoms with van der Waals surface area (Å²) in [5.74, 6) is 5.06. The van der Waals surface area contributed by atoms with Crippen molar-refractivity contribution < 1.29 is 31.1 Å². The second-order valence-corrected chi connectivity index (χ2v) is 9.16. The van der Waals surface area contributed by atoms with Crippen molar-refractivity contribution in [1.29, 1.82) is 0 Å². The third-order valence-electron chi connectivity index (χ3n) is 5.92. The zero-order valence-corrected chi connectivity index (χ0v) is 22.0. The van der Waals surface area contributed by atoms with Crippen LogP contribution in [-0.2, 0) is 18.9 Å². The van der Waals surface area contributed by atoms with Crippen molar-refractivity contribution in [3.8, 4) is 0 Å². The van der Waals surface area contributed by atoms with Gasteiger partial charge in [0.25, 0.3) is 0 Å². The SMILES string of the molecule is NN=C(C(=NCc1cc(C(F)(F)F)cc(C(F)(F)F)c1)c1ccccc1)c1nncc(N)c1C(=O)c1ccccc1Cl. The summed E-state index contributed by atoms with van der Waals surface area (Å²) in [5.41, 5.74) is 2.21. The largest absolute Gasteiger partial charge is 0.416 e. The molecule has 0 radical (unpaired) electrons. The molecule has 4 aromatic rings. The Kier molecular flexibility index (Phi) is 8.62. The van der Waals surface area contributed by atoms with Gasteiger partial charge in [-0.1, -0.05) is 54.1 Å². The summed E-state index contributed by atoms with van der Waals surface area (Å²) >= 11 is 6.22. The van der Waals surface area contributed by atoms with Crippen LogP contribution >= 0.6 is 11.6 Å². The molecule has 42 heavy (non-hydrogen) atoms. The summed E-state index contributed by atoms with van der Waals surface area (Å²) in [7, 11) is 0. The number of nitrogens with zero attached hydrogens (tertiary/aromatic N) is 4. The van der Waals surface area contributed by atoms with Crippen molar-refractivity contribution in [2.45, 2.75) is 18.9 Å². The Morgan fingerprint density at radius 1 is 0.857 bits per heavy atom. The summed E-state index contributed by atoms with van der Waals surface area (Å²) < 4.78 is 80.5. The van der Waals surface area contributed by atoms with Gasteiger partial charge in [0.2, 0.25) is 0 Å². The Labute approximate surface area is 239 Å². The van der Waals surface area contributed by atoms with E-state index in [9.17, 15) is 31.1 Å². The molecule has 0 aliphatic carbocycles. The standard InChI is InChI=1S/C28H19ClF6N6O/c29-20-9-5-4-8-19(20)26(42)22-21(36)14-39-41-24(22)25(40-37)23(16-6-2-1-3-7-16)38-13-15-10-17(27(30,31)32)12-18(11-15)28(33,34)35/h1-12,14H,13,37H2,(H2,36,41). The maximum absolute atomic E-state index is 13.5. The minimum Gasteiger partial charge on any atom is -0.397 e. The molecule has 0 amide bonds. The van der Waals surface area contributed by atoms with Crippen molar-refractivity contribution >= 4 is 34.5 Å². The van der Waals surface area contributed by atoms with E-state index >= 15 is 0 Å². The van der Waals surface area contributed by atoms with Crippen LogP contribution in [0.1, 0.15) is 43.9 Å². The number of aromatic nitrogens is 2. The first kappa shape index (κ1) is 30.2. The van der Waals surface area contributed by atoms with Gasteiger partial charge in [-0.3, -0.25) is 9.79 Å². The quantitative estimate of drug-likeness (QED) is 0.0839. The topological polar surface area (TPSA) is 120 Å². The molecule has 0 unspecified atom stereocenters. The fourth-order valence-corrected chi connectivity index (χ4v) is 4.22. The molecule has 0 aliphatic rings. The second kappa shape index (κ2) is 12.0. The van der Waals surface area contributed by atoms with Crippen molar-refractivity contribution in [2.75, 3.05) is 5.73 Å². The highest BCUT2D eigenvalue weighted by Gasteiger charge is 2.37. The molecule has 0 atom stereocenters. The van der Waals surface area contributed by atoms with Crippen LogP contribution in [0.25, 0.3) is 0 Å². The zero-order valence-electron chi connectivity index (χ0n) is 21.2. The lowest BCUT2D eigenvalue weighted by atomic mass is 9.95. The molecule has 14 heteroatoms. The lowest BCUT2D eigenvalue weighted by Crippen LogP contribution is -2.25. The number of aliphatic imine (C=N–C) groups is 1. The highest BCUT2D eigenvalue weighted by Crippen LogP contribution is 2.36. The molecular formula is C28H19ClF6N6O. The van der Waals surface area contributed by atoms with Crippen LogP contribution in [0.15, 0.2) is 89.1 Å². The monoisotopic (exact) mass is 604 g/mol. The average molecular weight is 605 g/mol. The van der Waals surface area contributed by atoms with Crippen molar-refractivity contribution in [2.24, 2.45) is 15.9 Å². The van der Waals surface area contributed by atoms with Crippen LogP contribution in [0.5, 0.6) is 0 Å². The first-order chi connectivity index (χ1) is 19.8. The third kappa shape index (κ3) is 6.57. The predicted molar refractivity (Wildman–Crippen MR) is 145 cm³/mol. The van der Waals surface area contributed by atoms with Gasteiger partial charge in [-0.25, -0.2) is 0 Å². The molecule has 0 bridgehead atoms. The Hall–Kier alpha value is -4.78. The molecule has 1 heterocycles. The molecular weight excluding hydrogens is 586 g/mol. The van der Waals surface area contributed by atoms with E-state index in [0.717, 1.165) is 6.20 Å². The van der Waals surface area contributed by atoms with Crippen molar-refractivity contribution in [1.82, 2.24) is 10.2 Å². The number of alkyl halides is 6. The molecule has 7 nitrogen and oxygen atoms in total. The van der Waals surface area contributed by atoms with Gasteiger partial charge in [-0.2, -0.15) is 36.5 Å². The average Bonchev–Trinajstić information content (AvgIpc) is 2.94. The number of carbonyl (C=O) groups is 1. The fourth-order valence-electron chi connectivity index (χ4n) is 4.00. The van der Waals surface area contributed by atoms with E-state index in [0.29, 0.717) is 17.7 Å². The van der Waals surface area contributed by atoms with Crippen LogP contribution in [0, 0.1) is 0 Å². The number of nitrogen functional groups attached to an aromatic ring is 1. The number of ketones is 1. The molecule has 0 spiro atoms. The number of hydrogen-bond donors (Lipinski definition) is 2. The number of nitrogens with two attached hydrogens (primary N) is 2. The Morgan fingerprint density at radius 2 is 1.45 bits per heavy atom. The Morgan fingerprint density at radius 3 is 2.02 bits per heavy atom. The first-order valence-corrected chi connectivity index (χ1v) is 12.3. The van der Waals surface area contributed by atoms with Gasteiger partial charge in [0.1, 0.15) is 11.4 Å². The van der Waals surface area contributed by atoms with E-state index in [4.69, 9.17) is 23.2 Å². The molecule has 216 valence electrons. The van der Waals surface area contributed by atoms with Gasteiger partial charge in [0.05, 0.1) is 45.9 Å². The van der Waals surface area contributed by atoms with Gasteiger partial charge in [-0.05, 0) is 35.9 Å². The maximum atomic E-state index is 13.5. The Bertz CT molecular complexity index is 1650. The number of rotatable bonds is 7. The zero-order chi connectivity index (χ0) is 30.7. The fraction of sp³-hybridized carbons (Fsp3) is 0.107. The number of anilines is 1. The summed E-state index contributed by atoms with van der Waals surface area (Å²) in [5, 5.41) is 11.6. The molecule has 3 aromatic carbocycles. The lowest BCUT2D eigenvalue weighted by molar-refractivity contribution is -0.143. The van der Waals surface area contributed by atoms with E-state index < -0.39 is 41.4 Å². The number of carbonyl (C=O) groups excluding carboxylic acids is 1. The predicted octanol–water partition coefficient (Wildman–Crippen LogP) is 6.33. The molecule has 0 fully saturated rings. The van der Waals surface area contributed by atoms with E-state index in [1.54, 1.807) is 42.5 Å². The van der Waals surface area contributed by atoms with Crippen LogP contribution in [0.4, 0.5) is 32.0 Å². The van der Waals surface area contributed by atoms with Gasteiger partial charge < -0.3 is 11.6 Å². The molecule has 0 aliphatic heterocycles. The minimum atomic E-state index is -5.04. The first-order valence-electron chi connectivity index (χ1n) is 11.9. The third-order valence-corrected chi connectivity index (χ3v) is 6.25. The van der Waals surface area contributed by atoms with E-state index in [2.05, 4.69) is 20.3 Å². The molecule has 4 N–H and O–H groups in total. The smallest absolute Gasteiger partial charge is 0.397 e. The second-order valence-electron chi connectivity index (χ2n) is 8.76. The molecule has 0 saturated carbocycles. The summed E-state index contributed by atoms with van der Waals surface area (Å²) in [4.78, 5) is 17.9. The van der Waals surface area contributed by atoms with Gasteiger partial charge in [-0.15, -0.1) is 5.10 Å². The molecule has 4 rings (SSSR count). The van der Waals surface area contributed by atoms with Gasteiger partial charge in [0.15, 0.2) is 5.78 Å². The number of halogens is 7. The number of hydrazone groups is 1. The van der Waals surface area contributed by atoms with Gasteiger partial charge in [0, 0.05) is 11.1 Å². The number of hydrogen-bond acceptors (Lipinski definition) is 7. The highest BCUT2D eigenvalue weighted by molar-refractivity contribution is 6.54. The Balaban J connectivity index is 1.89. The number of benzene rings is 3. The highest BCUT2D eigenvalue weighted by atomic mass is 35.5. The van der Waals surface area contributed by atoms with Gasteiger partial charge >= 0.3 is 12.4 Å². The summed E-state index contributed by atoms with van der Waals surface area (Å²) in [6, 6.07) is 15.2. The van der Waals surface area contributed by atoms with Crippen LogP contribution in [-0.4, -0.2) is 27.4 Å². The van der Waals surface area contributed by atoms with Crippen LogP contribution in [0.3, 0.4) is 0 Å². The normalized spacial score (nSPS) is 12.8. The summed E-state index contributed by atoms with van der Waals surface area (Å²) in [6.45, 7) is -0.653. The van der Waals surface area contributed by atoms with E-state index in [1.165, 1.54) is 12.1 Å². The molecule has 1 aromatic heterocycles. The van der Waals surface area contributed by atoms with Crippen molar-refractivity contribution in [3.05, 3.63) is 123 Å². The van der Waals surface area contributed by atoms with Crippen LogP contribution in [0.2, 0.25) is 5.02 Å². The van der Waals surface area contributed by atoms with Crippen LogP contribution < -0.4 is 11.6 Å². The minimum absolute atomic E-state index is 0.0209. The summed E-state index contributed by atoms with van der Waals surface area (Å²) in [6.07, 6.45) is -8.98. The maximum Gasteiger partial charge on any atom is 0.416 e.